The van der Waals surface area contributed by atoms with Crippen molar-refractivity contribution in [3.05, 3.63) is 64.2 Å². The molecule has 0 saturated heterocycles. The minimum absolute atomic E-state index is 0.320. The maximum Gasteiger partial charge on any atom is 0.345 e. The van der Waals surface area contributed by atoms with Gasteiger partial charge in [0.1, 0.15) is 5.75 Å². The molecule has 0 heterocycles. The van der Waals surface area contributed by atoms with Gasteiger partial charge >= 0.3 is 5.97 Å². The van der Waals surface area contributed by atoms with Crippen molar-refractivity contribution in [2.24, 2.45) is 0 Å². The molecule has 0 unspecified atom stereocenters. The van der Waals surface area contributed by atoms with Crippen LogP contribution in [-0.2, 0) is 11.2 Å². The molecule has 1 N–H and O–H groups in total. The van der Waals surface area contributed by atoms with Gasteiger partial charge in [0.25, 0.3) is 0 Å². The average molecular weight is 305 g/mol. The molecular formula is C17H17ClO3. The molecule has 0 bridgehead atoms. The van der Waals surface area contributed by atoms with Crippen LogP contribution < -0.4 is 4.74 Å². The first kappa shape index (κ1) is 15.4. The van der Waals surface area contributed by atoms with Gasteiger partial charge in [-0.15, -0.1) is 0 Å². The van der Waals surface area contributed by atoms with Crippen molar-refractivity contribution in [1.29, 1.82) is 0 Å². The summed E-state index contributed by atoms with van der Waals surface area (Å²) in [6.45, 7) is 3.98. The minimum Gasteiger partial charge on any atom is -0.478 e. The molecule has 4 heteroatoms. The van der Waals surface area contributed by atoms with E-state index in [4.69, 9.17) is 16.3 Å². The second-order valence-corrected chi connectivity index (χ2v) is 5.54. The summed E-state index contributed by atoms with van der Waals surface area (Å²) in [5.41, 5.74) is 3.18. The number of aliphatic carboxylic acids is 1. The van der Waals surface area contributed by atoms with Crippen LogP contribution in [0.1, 0.15) is 16.7 Å². The lowest BCUT2D eigenvalue weighted by Crippen LogP contribution is -2.29. The number of carboxylic acid groups (broad SMARTS) is 1. The zero-order valence-corrected chi connectivity index (χ0v) is 12.7. The smallest absolute Gasteiger partial charge is 0.345 e. The van der Waals surface area contributed by atoms with Crippen molar-refractivity contribution in [3.63, 3.8) is 0 Å². The lowest BCUT2D eigenvalue weighted by Gasteiger charge is -2.16. The van der Waals surface area contributed by atoms with Gasteiger partial charge in [-0.25, -0.2) is 4.79 Å². The zero-order valence-electron chi connectivity index (χ0n) is 12.0. The highest BCUT2D eigenvalue weighted by molar-refractivity contribution is 6.30. The Morgan fingerprint density at radius 3 is 2.24 bits per heavy atom. The van der Waals surface area contributed by atoms with Gasteiger partial charge in [0.05, 0.1) is 0 Å². The molecule has 2 aromatic carbocycles. The number of halogens is 1. The van der Waals surface area contributed by atoms with Gasteiger partial charge in [0.2, 0.25) is 0 Å². The third-order valence-corrected chi connectivity index (χ3v) is 3.32. The Morgan fingerprint density at radius 2 is 1.71 bits per heavy atom. The summed E-state index contributed by atoms with van der Waals surface area (Å²) in [6, 6.07) is 12.7. The summed E-state index contributed by atoms with van der Waals surface area (Å²) in [5.74, 6) is -0.486. The maximum atomic E-state index is 11.4. The third-order valence-electron chi connectivity index (χ3n) is 3.07. The van der Waals surface area contributed by atoms with E-state index < -0.39 is 12.1 Å². The van der Waals surface area contributed by atoms with Gasteiger partial charge in [-0.2, -0.15) is 0 Å². The SMILES string of the molecule is Cc1cc(C)cc(C[C@H](Oc2ccc(Cl)cc2)C(=O)O)c1. The number of rotatable bonds is 5. The molecule has 0 radical (unpaired) electrons. The predicted molar refractivity (Wildman–Crippen MR) is 83.1 cm³/mol. The topological polar surface area (TPSA) is 46.5 Å². The Balaban J connectivity index is 2.15. The van der Waals surface area contributed by atoms with Gasteiger partial charge in [-0.3, -0.25) is 0 Å². The molecule has 0 saturated carbocycles. The summed E-state index contributed by atoms with van der Waals surface area (Å²) in [4.78, 5) is 11.4. The largest absolute Gasteiger partial charge is 0.478 e. The summed E-state index contributed by atoms with van der Waals surface area (Å²) < 4.78 is 5.56. The highest BCUT2D eigenvalue weighted by Gasteiger charge is 2.20. The number of hydrogen-bond acceptors (Lipinski definition) is 2. The van der Waals surface area contributed by atoms with Crippen molar-refractivity contribution in [3.8, 4) is 5.75 Å². The molecular weight excluding hydrogens is 288 g/mol. The van der Waals surface area contributed by atoms with Crippen LogP contribution in [0.2, 0.25) is 5.02 Å². The van der Waals surface area contributed by atoms with E-state index in [1.165, 1.54) is 0 Å². The molecule has 21 heavy (non-hydrogen) atoms. The molecule has 3 nitrogen and oxygen atoms in total. The number of ether oxygens (including phenoxy) is 1. The van der Waals surface area contributed by atoms with Gasteiger partial charge in [0.15, 0.2) is 6.10 Å². The van der Waals surface area contributed by atoms with Crippen molar-refractivity contribution in [2.45, 2.75) is 26.4 Å². The predicted octanol–water partition coefficient (Wildman–Crippen LogP) is 4.03. The molecule has 2 rings (SSSR count). The summed E-state index contributed by atoms with van der Waals surface area (Å²) in [7, 11) is 0. The Bertz CT molecular complexity index is 615. The fourth-order valence-corrected chi connectivity index (χ4v) is 2.38. The Kier molecular flexibility index (Phi) is 4.86. The Labute approximate surface area is 129 Å². The lowest BCUT2D eigenvalue weighted by atomic mass is 10.0. The lowest BCUT2D eigenvalue weighted by molar-refractivity contribution is -0.145. The first-order valence-corrected chi connectivity index (χ1v) is 7.04. The molecule has 0 amide bonds. The highest BCUT2D eigenvalue weighted by atomic mass is 35.5. The quantitative estimate of drug-likeness (QED) is 0.907. The average Bonchev–Trinajstić information content (AvgIpc) is 2.39. The Morgan fingerprint density at radius 1 is 1.14 bits per heavy atom. The summed E-state index contributed by atoms with van der Waals surface area (Å²) in [5, 5.41) is 9.92. The van der Waals surface area contributed by atoms with Crippen LogP contribution in [0.25, 0.3) is 0 Å². The first-order chi connectivity index (χ1) is 9.94. The van der Waals surface area contributed by atoms with Crippen molar-refractivity contribution in [2.75, 3.05) is 0 Å². The number of carboxylic acids is 1. The van der Waals surface area contributed by atoms with E-state index in [2.05, 4.69) is 6.07 Å². The summed E-state index contributed by atoms with van der Waals surface area (Å²) in [6.07, 6.45) is -0.604. The van der Waals surface area contributed by atoms with Crippen LogP contribution in [0, 0.1) is 13.8 Å². The number of hydrogen-bond donors (Lipinski definition) is 1. The molecule has 0 aliphatic rings. The maximum absolute atomic E-state index is 11.4. The standard InChI is InChI=1S/C17H17ClO3/c1-11-7-12(2)9-13(8-11)10-16(17(19)20)21-15-5-3-14(18)4-6-15/h3-9,16H,10H2,1-2H3,(H,19,20)/t16-/m0/s1. The molecule has 1 atom stereocenters. The van der Waals surface area contributed by atoms with E-state index >= 15 is 0 Å². The number of carbonyl (C=O) groups is 1. The van der Waals surface area contributed by atoms with Crippen LogP contribution in [0.15, 0.2) is 42.5 Å². The van der Waals surface area contributed by atoms with E-state index in [-0.39, 0.29) is 0 Å². The normalized spacial score (nSPS) is 12.0. The van der Waals surface area contributed by atoms with Crippen LogP contribution in [0.5, 0.6) is 5.75 Å². The molecule has 0 aliphatic heterocycles. The molecule has 110 valence electrons. The monoisotopic (exact) mass is 304 g/mol. The van der Waals surface area contributed by atoms with Gasteiger partial charge in [-0.05, 0) is 43.7 Å². The van der Waals surface area contributed by atoms with E-state index in [1.54, 1.807) is 24.3 Å². The molecule has 0 aromatic heterocycles. The van der Waals surface area contributed by atoms with Crippen LogP contribution >= 0.6 is 11.6 Å². The summed E-state index contributed by atoms with van der Waals surface area (Å²) >= 11 is 5.80. The fourth-order valence-electron chi connectivity index (χ4n) is 2.26. The van der Waals surface area contributed by atoms with Crippen molar-refractivity contribution in [1.82, 2.24) is 0 Å². The number of benzene rings is 2. The molecule has 0 spiro atoms. The van der Waals surface area contributed by atoms with Crippen LogP contribution in [0.4, 0.5) is 0 Å². The molecule has 0 aliphatic carbocycles. The van der Waals surface area contributed by atoms with Gasteiger partial charge < -0.3 is 9.84 Å². The van der Waals surface area contributed by atoms with E-state index in [1.807, 2.05) is 26.0 Å². The molecule has 0 fully saturated rings. The molecule has 2 aromatic rings. The third kappa shape index (κ3) is 4.50. The van der Waals surface area contributed by atoms with Gasteiger partial charge in [-0.1, -0.05) is 40.9 Å². The van der Waals surface area contributed by atoms with Gasteiger partial charge in [0, 0.05) is 11.4 Å². The second-order valence-electron chi connectivity index (χ2n) is 5.10. The first-order valence-electron chi connectivity index (χ1n) is 6.66. The van der Waals surface area contributed by atoms with E-state index in [9.17, 15) is 9.90 Å². The van der Waals surface area contributed by atoms with Crippen molar-refractivity contribution < 1.29 is 14.6 Å². The van der Waals surface area contributed by atoms with E-state index in [0.29, 0.717) is 17.2 Å². The highest BCUT2D eigenvalue weighted by Crippen LogP contribution is 2.19. The fraction of sp³-hybridized carbons (Fsp3) is 0.235. The van der Waals surface area contributed by atoms with Crippen LogP contribution in [-0.4, -0.2) is 17.2 Å². The van der Waals surface area contributed by atoms with Crippen molar-refractivity contribution >= 4 is 17.6 Å². The second kappa shape index (κ2) is 6.64. The zero-order chi connectivity index (χ0) is 15.4. The van der Waals surface area contributed by atoms with Crippen LogP contribution in [0.3, 0.4) is 0 Å². The number of aryl methyl sites for hydroxylation is 2. The minimum atomic E-state index is -0.982. The Hall–Kier alpha value is -2.00. The van der Waals surface area contributed by atoms with E-state index in [0.717, 1.165) is 16.7 Å².